The zero-order chi connectivity index (χ0) is 17.6. The van der Waals surface area contributed by atoms with Crippen LogP contribution >= 0.6 is 0 Å². The van der Waals surface area contributed by atoms with Gasteiger partial charge >= 0.3 is 5.97 Å². The summed E-state index contributed by atoms with van der Waals surface area (Å²) < 4.78 is 0. The highest BCUT2D eigenvalue weighted by molar-refractivity contribution is 5.76. The van der Waals surface area contributed by atoms with E-state index in [4.69, 9.17) is 5.11 Å². The number of carboxylic acid groups (broad SMARTS) is 1. The summed E-state index contributed by atoms with van der Waals surface area (Å²) in [5.41, 5.74) is 2.21. The molecule has 1 aromatic carbocycles. The summed E-state index contributed by atoms with van der Waals surface area (Å²) in [5, 5.41) is 11.9. The number of hydrogen-bond donors (Lipinski definition) is 2. The van der Waals surface area contributed by atoms with E-state index in [1.807, 2.05) is 12.1 Å². The van der Waals surface area contributed by atoms with E-state index in [0.717, 1.165) is 12.1 Å². The predicted octanol–water partition coefficient (Wildman–Crippen LogP) is 6.04. The second-order valence-corrected chi connectivity index (χ2v) is 6.83. The van der Waals surface area contributed by atoms with Gasteiger partial charge in [0.05, 0.1) is 0 Å². The van der Waals surface area contributed by atoms with Gasteiger partial charge in [0.2, 0.25) is 0 Å². The highest BCUT2D eigenvalue weighted by Gasteiger charge is 2.09. The predicted molar refractivity (Wildman–Crippen MR) is 103 cm³/mol. The molecule has 0 saturated heterocycles. The van der Waals surface area contributed by atoms with Gasteiger partial charge in [-0.15, -0.1) is 0 Å². The van der Waals surface area contributed by atoms with Crippen LogP contribution in [0.5, 0.6) is 0 Å². The third-order valence-electron chi connectivity index (χ3n) is 4.53. The Hall–Kier alpha value is -1.51. The number of carbonyl (C=O) groups is 1. The van der Waals surface area contributed by atoms with Gasteiger partial charge in [-0.1, -0.05) is 76.8 Å². The molecule has 1 rings (SSSR count). The molecule has 0 bridgehead atoms. The molecule has 0 spiro atoms. The summed E-state index contributed by atoms with van der Waals surface area (Å²) in [5.74, 6) is -0.829. The zero-order valence-corrected chi connectivity index (χ0v) is 15.5. The maximum absolute atomic E-state index is 10.8. The molecule has 0 fully saturated rings. The maximum Gasteiger partial charge on any atom is 0.325 e. The van der Waals surface area contributed by atoms with E-state index < -0.39 is 12.0 Å². The topological polar surface area (TPSA) is 49.3 Å². The van der Waals surface area contributed by atoms with E-state index >= 15 is 0 Å². The van der Waals surface area contributed by atoms with Crippen LogP contribution in [0.15, 0.2) is 24.3 Å². The Morgan fingerprint density at radius 1 is 0.917 bits per heavy atom. The highest BCUT2D eigenvalue weighted by atomic mass is 16.4. The van der Waals surface area contributed by atoms with Crippen molar-refractivity contribution in [1.82, 2.24) is 0 Å². The lowest BCUT2D eigenvalue weighted by Crippen LogP contribution is -2.25. The monoisotopic (exact) mass is 333 g/mol. The van der Waals surface area contributed by atoms with Gasteiger partial charge in [-0.3, -0.25) is 4.79 Å². The zero-order valence-electron chi connectivity index (χ0n) is 15.5. The number of unbranched alkanes of at least 4 members (excludes halogenated alkanes) is 9. The molecule has 3 heteroatoms. The minimum atomic E-state index is -0.829. The first-order valence-corrected chi connectivity index (χ1v) is 9.71. The number of aliphatic carboxylic acids is 1. The standard InChI is InChI=1S/C21H35NO2/c1-3-4-5-6-7-8-9-10-11-12-13-19-14-16-20(17-15-19)22-18(2)21(23)24/h14-18,22H,3-13H2,1-2H3,(H,23,24). The molecule has 0 saturated carbocycles. The maximum atomic E-state index is 10.8. The lowest BCUT2D eigenvalue weighted by atomic mass is 10.0. The van der Waals surface area contributed by atoms with Gasteiger partial charge < -0.3 is 10.4 Å². The van der Waals surface area contributed by atoms with Gasteiger partial charge in [0.1, 0.15) is 6.04 Å². The molecule has 0 amide bonds. The minimum absolute atomic E-state index is 0.558. The van der Waals surface area contributed by atoms with Crippen LogP contribution in [0.25, 0.3) is 0 Å². The number of hydrogen-bond acceptors (Lipinski definition) is 2. The van der Waals surface area contributed by atoms with E-state index in [1.165, 1.54) is 69.8 Å². The van der Waals surface area contributed by atoms with Crippen LogP contribution in [0.1, 0.15) is 83.6 Å². The van der Waals surface area contributed by atoms with Crippen molar-refractivity contribution in [2.45, 2.75) is 90.5 Å². The lowest BCUT2D eigenvalue weighted by molar-refractivity contribution is -0.137. The quantitative estimate of drug-likeness (QED) is 0.408. The van der Waals surface area contributed by atoms with E-state index in [1.54, 1.807) is 6.92 Å². The van der Waals surface area contributed by atoms with Crippen molar-refractivity contribution >= 4 is 11.7 Å². The molecule has 0 radical (unpaired) electrons. The van der Waals surface area contributed by atoms with Crippen LogP contribution < -0.4 is 5.32 Å². The van der Waals surface area contributed by atoms with Crippen LogP contribution in [0, 0.1) is 0 Å². The average Bonchev–Trinajstić information content (AvgIpc) is 2.58. The fourth-order valence-corrected chi connectivity index (χ4v) is 2.90. The molecule has 1 aromatic rings. The van der Waals surface area contributed by atoms with Gasteiger partial charge in [-0.25, -0.2) is 0 Å². The fraction of sp³-hybridized carbons (Fsp3) is 0.667. The Morgan fingerprint density at radius 3 is 1.92 bits per heavy atom. The molecule has 0 aliphatic heterocycles. The minimum Gasteiger partial charge on any atom is -0.480 e. The third kappa shape index (κ3) is 9.59. The molecule has 1 atom stereocenters. The van der Waals surface area contributed by atoms with Gasteiger partial charge in [0.15, 0.2) is 0 Å². The number of benzene rings is 1. The van der Waals surface area contributed by atoms with E-state index in [-0.39, 0.29) is 0 Å². The van der Waals surface area contributed by atoms with Crippen molar-refractivity contribution in [3.8, 4) is 0 Å². The summed E-state index contributed by atoms with van der Waals surface area (Å²) in [6, 6.07) is 7.60. The Labute approximate surface area is 147 Å². The lowest BCUT2D eigenvalue weighted by Gasteiger charge is -2.11. The summed E-state index contributed by atoms with van der Waals surface area (Å²) in [7, 11) is 0. The molecule has 0 aliphatic rings. The largest absolute Gasteiger partial charge is 0.480 e. The number of carboxylic acids is 1. The molecule has 136 valence electrons. The van der Waals surface area contributed by atoms with E-state index in [0.29, 0.717) is 0 Å². The van der Waals surface area contributed by atoms with Crippen molar-refractivity contribution < 1.29 is 9.90 Å². The van der Waals surface area contributed by atoms with Gasteiger partial charge in [-0.05, 0) is 37.5 Å². The Kier molecular flexibility index (Phi) is 11.0. The van der Waals surface area contributed by atoms with Crippen molar-refractivity contribution in [1.29, 1.82) is 0 Å². The van der Waals surface area contributed by atoms with Crippen LogP contribution in [-0.4, -0.2) is 17.1 Å². The molecule has 2 N–H and O–H groups in total. The number of rotatable bonds is 14. The second kappa shape index (κ2) is 12.9. The Balaban J connectivity index is 2.06. The molecule has 0 heterocycles. The fourth-order valence-electron chi connectivity index (χ4n) is 2.90. The van der Waals surface area contributed by atoms with Crippen LogP contribution in [0.3, 0.4) is 0 Å². The first kappa shape index (κ1) is 20.5. The van der Waals surface area contributed by atoms with Crippen LogP contribution in [0.4, 0.5) is 5.69 Å². The molecular formula is C21H35NO2. The van der Waals surface area contributed by atoms with Crippen molar-refractivity contribution in [2.75, 3.05) is 5.32 Å². The SMILES string of the molecule is CCCCCCCCCCCCc1ccc(NC(C)C(=O)O)cc1. The molecular weight excluding hydrogens is 298 g/mol. The first-order valence-electron chi connectivity index (χ1n) is 9.71. The first-order chi connectivity index (χ1) is 11.6. The van der Waals surface area contributed by atoms with Crippen LogP contribution in [-0.2, 0) is 11.2 Å². The highest BCUT2D eigenvalue weighted by Crippen LogP contribution is 2.15. The Bertz CT molecular complexity index is 442. The molecule has 3 nitrogen and oxygen atoms in total. The van der Waals surface area contributed by atoms with E-state index in [2.05, 4.69) is 24.4 Å². The smallest absolute Gasteiger partial charge is 0.325 e. The molecule has 0 aromatic heterocycles. The van der Waals surface area contributed by atoms with Gasteiger partial charge in [-0.2, -0.15) is 0 Å². The molecule has 24 heavy (non-hydrogen) atoms. The summed E-state index contributed by atoms with van der Waals surface area (Å²) >= 11 is 0. The average molecular weight is 334 g/mol. The molecule has 1 unspecified atom stereocenters. The normalized spacial score (nSPS) is 12.1. The number of aryl methyl sites for hydroxylation is 1. The van der Waals surface area contributed by atoms with Crippen molar-refractivity contribution in [3.05, 3.63) is 29.8 Å². The van der Waals surface area contributed by atoms with Crippen molar-refractivity contribution in [3.63, 3.8) is 0 Å². The summed E-state index contributed by atoms with van der Waals surface area (Å²) in [6.07, 6.45) is 14.7. The second-order valence-electron chi connectivity index (χ2n) is 6.83. The Morgan fingerprint density at radius 2 is 1.42 bits per heavy atom. The number of nitrogens with one attached hydrogen (secondary N) is 1. The number of anilines is 1. The third-order valence-corrected chi connectivity index (χ3v) is 4.53. The van der Waals surface area contributed by atoms with Gasteiger partial charge in [0.25, 0.3) is 0 Å². The summed E-state index contributed by atoms with van der Waals surface area (Å²) in [6.45, 7) is 3.92. The summed E-state index contributed by atoms with van der Waals surface area (Å²) in [4.78, 5) is 10.8. The van der Waals surface area contributed by atoms with Crippen LogP contribution in [0.2, 0.25) is 0 Å². The van der Waals surface area contributed by atoms with E-state index in [9.17, 15) is 4.79 Å². The van der Waals surface area contributed by atoms with Gasteiger partial charge in [0, 0.05) is 5.69 Å². The van der Waals surface area contributed by atoms with Crippen molar-refractivity contribution in [2.24, 2.45) is 0 Å². The molecule has 0 aliphatic carbocycles.